The van der Waals surface area contributed by atoms with Crippen molar-refractivity contribution in [2.75, 3.05) is 40.9 Å². The summed E-state index contributed by atoms with van der Waals surface area (Å²) in [5.41, 5.74) is 0. The summed E-state index contributed by atoms with van der Waals surface area (Å²) in [5, 5.41) is 13.5. The normalized spacial score (nSPS) is 15.3. The molecule has 0 aliphatic carbocycles. The van der Waals surface area contributed by atoms with Gasteiger partial charge in [-0.1, -0.05) is 115 Å². The van der Waals surface area contributed by atoms with Gasteiger partial charge < -0.3 is 28.8 Å². The van der Waals surface area contributed by atoms with Crippen molar-refractivity contribution in [3.63, 3.8) is 0 Å². The molecule has 2 N–H and O–H groups in total. The zero-order valence-electron chi connectivity index (χ0n) is 29.6. The molecule has 0 aliphatic heterocycles. The zero-order chi connectivity index (χ0) is 33.7. The number of rotatable bonds is 31. The van der Waals surface area contributed by atoms with Crippen LogP contribution in [0.25, 0.3) is 0 Å². The Balaban J connectivity index is 4.30. The van der Waals surface area contributed by atoms with Crippen LogP contribution in [0.4, 0.5) is 0 Å². The highest BCUT2D eigenvalue weighted by Gasteiger charge is 2.23. The second kappa shape index (κ2) is 28.9. The first-order valence-corrected chi connectivity index (χ1v) is 19.3. The first-order valence-electron chi connectivity index (χ1n) is 17.9. The number of phosphoric ester groups is 1. The molecule has 0 bridgehead atoms. The minimum atomic E-state index is -4.57. The van der Waals surface area contributed by atoms with Crippen molar-refractivity contribution in [1.82, 2.24) is 5.32 Å². The Morgan fingerprint density at radius 1 is 0.778 bits per heavy atom. The fourth-order valence-corrected chi connectivity index (χ4v) is 5.37. The van der Waals surface area contributed by atoms with Gasteiger partial charge in [0.15, 0.2) is 0 Å². The lowest BCUT2D eigenvalue weighted by Gasteiger charge is -2.29. The van der Waals surface area contributed by atoms with Gasteiger partial charge in [0.25, 0.3) is 7.82 Å². The molecule has 9 heteroatoms. The summed E-state index contributed by atoms with van der Waals surface area (Å²) in [6.07, 6.45) is 32.2. The van der Waals surface area contributed by atoms with E-state index in [1.165, 1.54) is 51.4 Å². The monoisotopic (exact) mass is 656 g/mol. The quantitative estimate of drug-likeness (QED) is 0.0337. The Kier molecular flexibility index (Phi) is 28.1. The maximum atomic E-state index is 12.7. The van der Waals surface area contributed by atoms with Crippen molar-refractivity contribution in [2.24, 2.45) is 0 Å². The lowest BCUT2D eigenvalue weighted by molar-refractivity contribution is -0.870. The van der Waals surface area contributed by atoms with E-state index in [-0.39, 0.29) is 19.1 Å². The molecule has 264 valence electrons. The highest BCUT2D eigenvalue weighted by molar-refractivity contribution is 7.45. The van der Waals surface area contributed by atoms with Gasteiger partial charge in [0.1, 0.15) is 13.2 Å². The molecule has 8 nitrogen and oxygen atoms in total. The summed E-state index contributed by atoms with van der Waals surface area (Å²) >= 11 is 0. The molecule has 3 unspecified atom stereocenters. The summed E-state index contributed by atoms with van der Waals surface area (Å²) in [6.45, 7) is 4.47. The second-order valence-corrected chi connectivity index (χ2v) is 14.6. The molecular formula is C36H69N2O6P. The molecule has 45 heavy (non-hydrogen) atoms. The molecule has 0 spiro atoms. The summed E-state index contributed by atoms with van der Waals surface area (Å²) < 4.78 is 22.9. The highest BCUT2D eigenvalue weighted by atomic mass is 31.2. The Morgan fingerprint density at radius 3 is 1.89 bits per heavy atom. The van der Waals surface area contributed by atoms with Gasteiger partial charge >= 0.3 is 0 Å². The number of amides is 1. The number of nitrogens with zero attached hydrogens (tertiary/aromatic N) is 1. The molecule has 3 atom stereocenters. The molecular weight excluding hydrogens is 587 g/mol. The van der Waals surface area contributed by atoms with Crippen LogP contribution in [0.1, 0.15) is 136 Å². The molecule has 0 aromatic heterocycles. The summed E-state index contributed by atoms with van der Waals surface area (Å²) in [5.74, 6) is -0.216. The first kappa shape index (κ1) is 43.7. The molecule has 0 saturated carbocycles. The molecule has 0 aromatic carbocycles. The van der Waals surface area contributed by atoms with E-state index in [1.54, 1.807) is 6.08 Å². The maximum Gasteiger partial charge on any atom is 0.268 e. The van der Waals surface area contributed by atoms with E-state index < -0.39 is 20.0 Å². The molecule has 0 rings (SSSR count). The topological polar surface area (TPSA) is 108 Å². The van der Waals surface area contributed by atoms with Crippen LogP contribution >= 0.6 is 7.82 Å². The van der Waals surface area contributed by atoms with Crippen molar-refractivity contribution in [1.29, 1.82) is 0 Å². The van der Waals surface area contributed by atoms with Gasteiger partial charge in [-0.3, -0.25) is 9.36 Å². The van der Waals surface area contributed by atoms with Gasteiger partial charge in [-0.25, -0.2) is 0 Å². The maximum absolute atomic E-state index is 12.7. The predicted octanol–water partition coefficient (Wildman–Crippen LogP) is 8.16. The van der Waals surface area contributed by atoms with Crippen LogP contribution in [-0.4, -0.2) is 68.5 Å². The second-order valence-electron chi connectivity index (χ2n) is 13.2. The average Bonchev–Trinajstić information content (AvgIpc) is 2.97. The van der Waals surface area contributed by atoms with Gasteiger partial charge in [-0.15, -0.1) is 0 Å². The largest absolute Gasteiger partial charge is 0.756 e. The average molecular weight is 657 g/mol. The Hall–Kier alpha value is -1.28. The number of carbonyl (C=O) groups is 1. The van der Waals surface area contributed by atoms with Gasteiger partial charge in [0, 0.05) is 6.42 Å². The Labute approximate surface area is 276 Å². The number of nitrogens with one attached hydrogen (secondary N) is 1. The molecule has 0 radical (unpaired) electrons. The van der Waals surface area contributed by atoms with Gasteiger partial charge in [0.05, 0.1) is 39.9 Å². The van der Waals surface area contributed by atoms with Crippen LogP contribution in [0.2, 0.25) is 0 Å². The van der Waals surface area contributed by atoms with Crippen LogP contribution in [0, 0.1) is 0 Å². The SMILES string of the molecule is CCCCC/C=C/C(O)C(COP(=O)([O-])OCC[N+](C)(C)C)NC(=O)CCCCCCCCC/C=C\C/C=C\CCCCCC. The number of unbranched alkanes of at least 4 members (excludes halogenated alkanes) is 14. The fraction of sp³-hybridized carbons (Fsp3) is 0.806. The van der Waals surface area contributed by atoms with E-state index in [2.05, 4.69) is 43.5 Å². The van der Waals surface area contributed by atoms with E-state index in [0.29, 0.717) is 17.4 Å². The van der Waals surface area contributed by atoms with Crippen molar-refractivity contribution in [3.8, 4) is 0 Å². The third-order valence-corrected chi connectivity index (χ3v) is 8.56. The number of allylic oxidation sites excluding steroid dienone is 5. The number of carbonyl (C=O) groups excluding carboxylic acids is 1. The molecule has 1 amide bonds. The number of aliphatic hydroxyl groups is 1. The van der Waals surface area contributed by atoms with Crippen molar-refractivity contribution < 1.29 is 32.9 Å². The van der Waals surface area contributed by atoms with E-state index >= 15 is 0 Å². The third kappa shape index (κ3) is 31.1. The standard InChI is InChI=1S/C36H69N2O6P/c1-6-8-10-12-13-14-15-16-17-18-19-20-21-22-23-24-26-28-30-36(40)37-34(35(39)29-27-25-11-9-7-2)33-44-45(41,42)43-32-31-38(3,4)5/h14-15,17-18,27,29,34-35,39H,6-13,16,19-26,28,30-33H2,1-5H3,(H-,37,40,41,42)/b15-14-,18-17-,29-27+. The number of hydrogen-bond acceptors (Lipinski definition) is 6. The third-order valence-electron chi connectivity index (χ3n) is 7.59. The van der Waals surface area contributed by atoms with E-state index in [0.717, 1.165) is 64.2 Å². The number of aliphatic hydroxyl groups excluding tert-OH is 1. The van der Waals surface area contributed by atoms with Crippen LogP contribution in [0.15, 0.2) is 36.5 Å². The highest BCUT2D eigenvalue weighted by Crippen LogP contribution is 2.38. The predicted molar refractivity (Wildman–Crippen MR) is 187 cm³/mol. The van der Waals surface area contributed by atoms with Crippen LogP contribution in [0.5, 0.6) is 0 Å². The van der Waals surface area contributed by atoms with E-state index in [1.807, 2.05) is 27.2 Å². The van der Waals surface area contributed by atoms with Crippen molar-refractivity contribution in [2.45, 2.75) is 148 Å². The lowest BCUT2D eigenvalue weighted by Crippen LogP contribution is -2.45. The number of hydrogen-bond donors (Lipinski definition) is 2. The molecule has 0 saturated heterocycles. The molecule has 0 heterocycles. The van der Waals surface area contributed by atoms with E-state index in [4.69, 9.17) is 9.05 Å². The van der Waals surface area contributed by atoms with E-state index in [9.17, 15) is 19.4 Å². The summed E-state index contributed by atoms with van der Waals surface area (Å²) in [4.78, 5) is 24.9. The minimum absolute atomic E-state index is 0.00455. The van der Waals surface area contributed by atoms with Crippen LogP contribution < -0.4 is 10.2 Å². The molecule has 0 aromatic rings. The van der Waals surface area contributed by atoms with Crippen LogP contribution in [-0.2, 0) is 18.4 Å². The smallest absolute Gasteiger partial charge is 0.268 e. The minimum Gasteiger partial charge on any atom is -0.756 e. The fourth-order valence-electron chi connectivity index (χ4n) is 4.65. The lowest BCUT2D eigenvalue weighted by atomic mass is 10.1. The molecule has 0 aliphatic rings. The summed E-state index contributed by atoms with van der Waals surface area (Å²) in [6, 6.07) is -0.884. The zero-order valence-corrected chi connectivity index (χ0v) is 30.5. The Bertz CT molecular complexity index is 840. The van der Waals surface area contributed by atoms with Gasteiger partial charge in [0.2, 0.25) is 5.91 Å². The Morgan fingerprint density at radius 2 is 1.29 bits per heavy atom. The first-order chi connectivity index (χ1) is 21.5. The van der Waals surface area contributed by atoms with Crippen LogP contribution in [0.3, 0.4) is 0 Å². The number of phosphoric acid groups is 1. The molecule has 0 fully saturated rings. The van der Waals surface area contributed by atoms with Gasteiger partial charge in [-0.05, 0) is 51.4 Å². The summed E-state index contributed by atoms with van der Waals surface area (Å²) in [7, 11) is 1.24. The van der Waals surface area contributed by atoms with Crippen molar-refractivity contribution in [3.05, 3.63) is 36.5 Å². The number of quaternary nitrogens is 1. The van der Waals surface area contributed by atoms with Gasteiger partial charge in [-0.2, -0.15) is 0 Å². The number of likely N-dealkylation sites (N-methyl/N-ethyl adjacent to an activating group) is 1. The van der Waals surface area contributed by atoms with Crippen molar-refractivity contribution >= 4 is 13.7 Å².